The zero-order valence-corrected chi connectivity index (χ0v) is 16.5. The summed E-state index contributed by atoms with van der Waals surface area (Å²) in [6, 6.07) is 14.0. The lowest BCUT2D eigenvalue weighted by Crippen LogP contribution is -2.17. The van der Waals surface area contributed by atoms with E-state index in [2.05, 4.69) is 10.6 Å². The second kappa shape index (κ2) is 10.1. The maximum absolute atomic E-state index is 12.2. The molecule has 0 aromatic heterocycles. The molecule has 146 valence electrons. The summed E-state index contributed by atoms with van der Waals surface area (Å²) in [6.45, 7) is 3.99. The number of benzene rings is 2. The molecule has 0 aliphatic carbocycles. The van der Waals surface area contributed by atoms with Crippen molar-refractivity contribution in [3.63, 3.8) is 0 Å². The number of sulfone groups is 1. The van der Waals surface area contributed by atoms with Crippen molar-refractivity contribution in [2.24, 2.45) is 0 Å². The quantitative estimate of drug-likeness (QED) is 0.609. The van der Waals surface area contributed by atoms with Crippen LogP contribution in [0.1, 0.15) is 25.3 Å². The third-order valence-electron chi connectivity index (χ3n) is 3.93. The van der Waals surface area contributed by atoms with Crippen LogP contribution in [-0.2, 0) is 21.2 Å². The van der Waals surface area contributed by atoms with Crippen molar-refractivity contribution < 1.29 is 17.9 Å². The molecule has 2 rings (SSSR count). The number of para-hydroxylation sites is 1. The summed E-state index contributed by atoms with van der Waals surface area (Å²) in [5.41, 5.74) is 1.87. The van der Waals surface area contributed by atoms with E-state index in [9.17, 15) is 13.2 Å². The van der Waals surface area contributed by atoms with Gasteiger partial charge in [0.2, 0.25) is 5.91 Å². The SMILES string of the molecule is CCNCc1ccccc1NC(=O)CCCOc1ccc(S(C)(=O)=O)cc1. The lowest BCUT2D eigenvalue weighted by molar-refractivity contribution is -0.116. The Morgan fingerprint density at radius 1 is 1.07 bits per heavy atom. The van der Waals surface area contributed by atoms with Crippen molar-refractivity contribution in [3.8, 4) is 5.75 Å². The average Bonchev–Trinajstić information content (AvgIpc) is 2.64. The summed E-state index contributed by atoms with van der Waals surface area (Å²) < 4.78 is 28.4. The van der Waals surface area contributed by atoms with Crippen LogP contribution in [0.5, 0.6) is 5.75 Å². The topological polar surface area (TPSA) is 84.5 Å². The zero-order valence-electron chi connectivity index (χ0n) is 15.7. The van der Waals surface area contributed by atoms with Gasteiger partial charge in [-0.1, -0.05) is 25.1 Å². The largest absolute Gasteiger partial charge is 0.494 e. The van der Waals surface area contributed by atoms with Crippen LogP contribution in [-0.4, -0.2) is 33.7 Å². The summed E-state index contributed by atoms with van der Waals surface area (Å²) >= 11 is 0. The third-order valence-corrected chi connectivity index (χ3v) is 5.05. The molecule has 2 aromatic rings. The number of hydrogen-bond donors (Lipinski definition) is 2. The van der Waals surface area contributed by atoms with Crippen molar-refractivity contribution in [1.82, 2.24) is 5.32 Å². The first-order valence-corrected chi connectivity index (χ1v) is 10.8. The van der Waals surface area contributed by atoms with E-state index in [0.29, 0.717) is 31.7 Å². The van der Waals surface area contributed by atoms with Gasteiger partial charge in [-0.25, -0.2) is 8.42 Å². The van der Waals surface area contributed by atoms with E-state index in [-0.39, 0.29) is 10.8 Å². The molecule has 2 aromatic carbocycles. The Hall–Kier alpha value is -2.38. The normalized spacial score (nSPS) is 11.2. The van der Waals surface area contributed by atoms with E-state index in [0.717, 1.165) is 24.1 Å². The van der Waals surface area contributed by atoms with Crippen LogP contribution in [0.4, 0.5) is 5.69 Å². The van der Waals surface area contributed by atoms with Gasteiger partial charge in [-0.05, 0) is 48.9 Å². The Morgan fingerprint density at radius 3 is 2.44 bits per heavy atom. The van der Waals surface area contributed by atoms with Crippen molar-refractivity contribution in [2.45, 2.75) is 31.2 Å². The molecule has 7 heteroatoms. The number of carbonyl (C=O) groups excluding carboxylic acids is 1. The molecule has 0 fully saturated rings. The highest BCUT2D eigenvalue weighted by Crippen LogP contribution is 2.17. The first-order chi connectivity index (χ1) is 12.9. The van der Waals surface area contributed by atoms with Crippen molar-refractivity contribution in [1.29, 1.82) is 0 Å². The lowest BCUT2D eigenvalue weighted by atomic mass is 10.1. The van der Waals surface area contributed by atoms with E-state index < -0.39 is 9.84 Å². The first kappa shape index (κ1) is 20.9. The van der Waals surface area contributed by atoms with E-state index in [1.165, 1.54) is 12.1 Å². The van der Waals surface area contributed by atoms with Crippen molar-refractivity contribution >= 4 is 21.4 Å². The van der Waals surface area contributed by atoms with Gasteiger partial charge >= 0.3 is 0 Å². The predicted octanol–water partition coefficient (Wildman–Crippen LogP) is 3.00. The Labute approximate surface area is 160 Å². The van der Waals surface area contributed by atoms with Gasteiger partial charge in [0.15, 0.2) is 9.84 Å². The standard InChI is InChI=1S/C20H26N2O4S/c1-3-21-15-16-7-4-5-8-19(16)22-20(23)9-6-14-26-17-10-12-18(13-11-17)27(2,24)25/h4-5,7-8,10-13,21H,3,6,9,14-15H2,1-2H3,(H,22,23). The Balaban J connectivity index is 1.77. The van der Waals surface area contributed by atoms with Gasteiger partial charge in [0, 0.05) is 24.9 Å². The second-order valence-corrected chi connectivity index (χ2v) is 8.20. The van der Waals surface area contributed by atoms with Gasteiger partial charge in [0.1, 0.15) is 5.75 Å². The lowest BCUT2D eigenvalue weighted by Gasteiger charge is -2.11. The average molecular weight is 391 g/mol. The fourth-order valence-corrected chi connectivity index (χ4v) is 3.11. The minimum absolute atomic E-state index is 0.0602. The molecule has 0 aliphatic rings. The third kappa shape index (κ3) is 7.03. The molecular formula is C20H26N2O4S. The van der Waals surface area contributed by atoms with Gasteiger partial charge in [-0.3, -0.25) is 4.79 Å². The monoisotopic (exact) mass is 390 g/mol. The van der Waals surface area contributed by atoms with Crippen molar-refractivity contribution in [3.05, 3.63) is 54.1 Å². The molecule has 6 nitrogen and oxygen atoms in total. The number of hydrogen-bond acceptors (Lipinski definition) is 5. The molecule has 0 saturated heterocycles. The van der Waals surface area contributed by atoms with Crippen LogP contribution in [0.2, 0.25) is 0 Å². The number of anilines is 1. The van der Waals surface area contributed by atoms with Crippen LogP contribution in [0.15, 0.2) is 53.4 Å². The molecule has 2 N–H and O–H groups in total. The summed E-state index contributed by atoms with van der Waals surface area (Å²) in [6.07, 6.45) is 2.07. The van der Waals surface area contributed by atoms with Crippen LogP contribution in [0.25, 0.3) is 0 Å². The smallest absolute Gasteiger partial charge is 0.224 e. The molecule has 0 saturated carbocycles. The summed E-state index contributed by atoms with van der Waals surface area (Å²) in [4.78, 5) is 12.4. The minimum atomic E-state index is -3.21. The molecule has 0 spiro atoms. The molecule has 0 unspecified atom stereocenters. The number of rotatable bonds is 10. The number of nitrogens with one attached hydrogen (secondary N) is 2. The molecule has 27 heavy (non-hydrogen) atoms. The number of ether oxygens (including phenoxy) is 1. The molecule has 0 atom stereocenters. The van der Waals surface area contributed by atoms with Gasteiger partial charge < -0.3 is 15.4 Å². The van der Waals surface area contributed by atoms with Crippen LogP contribution < -0.4 is 15.4 Å². The Morgan fingerprint density at radius 2 is 1.78 bits per heavy atom. The summed E-state index contributed by atoms with van der Waals surface area (Å²) in [5, 5.41) is 6.19. The second-order valence-electron chi connectivity index (χ2n) is 6.18. The highest BCUT2D eigenvalue weighted by atomic mass is 32.2. The number of amides is 1. The van der Waals surface area contributed by atoms with Crippen LogP contribution in [0.3, 0.4) is 0 Å². The van der Waals surface area contributed by atoms with Gasteiger partial charge in [-0.15, -0.1) is 0 Å². The predicted molar refractivity (Wildman–Crippen MR) is 107 cm³/mol. The van der Waals surface area contributed by atoms with E-state index in [1.807, 2.05) is 31.2 Å². The summed E-state index contributed by atoms with van der Waals surface area (Å²) in [7, 11) is -3.21. The van der Waals surface area contributed by atoms with E-state index in [4.69, 9.17) is 4.74 Å². The fraction of sp³-hybridized carbons (Fsp3) is 0.350. The maximum atomic E-state index is 12.2. The highest BCUT2D eigenvalue weighted by Gasteiger charge is 2.08. The van der Waals surface area contributed by atoms with Gasteiger partial charge in [-0.2, -0.15) is 0 Å². The van der Waals surface area contributed by atoms with Gasteiger partial charge in [0.25, 0.3) is 0 Å². The highest BCUT2D eigenvalue weighted by molar-refractivity contribution is 7.90. The molecule has 0 aliphatic heterocycles. The summed E-state index contributed by atoms with van der Waals surface area (Å²) in [5.74, 6) is 0.522. The number of carbonyl (C=O) groups is 1. The zero-order chi connectivity index (χ0) is 19.7. The Kier molecular flexibility index (Phi) is 7.82. The molecule has 0 bridgehead atoms. The minimum Gasteiger partial charge on any atom is -0.494 e. The van der Waals surface area contributed by atoms with E-state index >= 15 is 0 Å². The Bertz CT molecular complexity index is 849. The van der Waals surface area contributed by atoms with Crippen LogP contribution >= 0.6 is 0 Å². The van der Waals surface area contributed by atoms with Crippen LogP contribution in [0, 0.1) is 0 Å². The molecule has 0 radical (unpaired) electrons. The maximum Gasteiger partial charge on any atom is 0.224 e. The van der Waals surface area contributed by atoms with Gasteiger partial charge in [0.05, 0.1) is 11.5 Å². The van der Waals surface area contributed by atoms with Crippen molar-refractivity contribution in [2.75, 3.05) is 24.7 Å². The fourth-order valence-electron chi connectivity index (χ4n) is 2.47. The molecule has 1 amide bonds. The molecular weight excluding hydrogens is 364 g/mol. The first-order valence-electron chi connectivity index (χ1n) is 8.91. The molecule has 0 heterocycles. The van der Waals surface area contributed by atoms with E-state index in [1.54, 1.807) is 12.1 Å².